The number of nitriles is 1. The summed E-state index contributed by atoms with van der Waals surface area (Å²) in [5.41, 5.74) is 0.386. The fourth-order valence-corrected chi connectivity index (χ4v) is 2.77. The van der Waals surface area contributed by atoms with Crippen molar-refractivity contribution < 1.29 is 17.5 Å². The Morgan fingerprint density at radius 3 is 2.38 bits per heavy atom. The molecule has 0 saturated carbocycles. The Balaban J connectivity index is 2.01. The van der Waals surface area contributed by atoms with Crippen LogP contribution < -0.4 is 4.74 Å². The van der Waals surface area contributed by atoms with Gasteiger partial charge >= 0.3 is 0 Å². The number of ether oxygens (including phenoxy) is 1. The van der Waals surface area contributed by atoms with Crippen LogP contribution in [0.15, 0.2) is 53.4 Å². The minimum absolute atomic E-state index is 0.0209. The number of rotatable bonds is 5. The molecule has 0 aromatic heterocycles. The van der Waals surface area contributed by atoms with Gasteiger partial charge in [0, 0.05) is 0 Å². The van der Waals surface area contributed by atoms with Gasteiger partial charge in [0.2, 0.25) is 0 Å². The fourth-order valence-electron chi connectivity index (χ4n) is 1.68. The molecule has 0 atom stereocenters. The molecular weight excluding hydrogens is 293 g/mol. The van der Waals surface area contributed by atoms with Crippen molar-refractivity contribution in [2.75, 3.05) is 12.4 Å². The van der Waals surface area contributed by atoms with Crippen LogP contribution in [-0.2, 0) is 9.84 Å². The van der Waals surface area contributed by atoms with Crippen LogP contribution in [0.3, 0.4) is 0 Å². The maximum atomic E-state index is 13.3. The molecule has 0 fully saturated rings. The lowest BCUT2D eigenvalue weighted by molar-refractivity contribution is 0.322. The van der Waals surface area contributed by atoms with Crippen LogP contribution in [0.1, 0.15) is 5.56 Å². The summed E-state index contributed by atoms with van der Waals surface area (Å²) in [6.07, 6.45) is 0. The molecule has 0 bridgehead atoms. The van der Waals surface area contributed by atoms with Crippen molar-refractivity contribution in [3.63, 3.8) is 0 Å². The summed E-state index contributed by atoms with van der Waals surface area (Å²) in [6.45, 7) is -0.150. The van der Waals surface area contributed by atoms with E-state index in [0.717, 1.165) is 0 Å². The number of halogens is 1. The Bertz CT molecular complexity index is 764. The van der Waals surface area contributed by atoms with Gasteiger partial charge in [0.1, 0.15) is 6.61 Å². The van der Waals surface area contributed by atoms with E-state index in [1.54, 1.807) is 6.07 Å². The highest BCUT2D eigenvalue weighted by Gasteiger charge is 2.15. The van der Waals surface area contributed by atoms with E-state index in [9.17, 15) is 12.8 Å². The van der Waals surface area contributed by atoms with E-state index in [1.165, 1.54) is 42.5 Å². The van der Waals surface area contributed by atoms with E-state index in [-0.39, 0.29) is 23.0 Å². The first kappa shape index (κ1) is 15.0. The van der Waals surface area contributed by atoms with Gasteiger partial charge in [-0.05, 0) is 36.4 Å². The van der Waals surface area contributed by atoms with Crippen molar-refractivity contribution in [2.45, 2.75) is 4.90 Å². The van der Waals surface area contributed by atoms with Gasteiger partial charge in [-0.2, -0.15) is 5.26 Å². The molecule has 4 nitrogen and oxygen atoms in total. The largest absolute Gasteiger partial charge is 0.489 e. The number of benzene rings is 2. The number of nitrogens with zero attached hydrogens (tertiary/aromatic N) is 1. The van der Waals surface area contributed by atoms with Gasteiger partial charge in [-0.15, -0.1) is 0 Å². The summed E-state index contributed by atoms with van der Waals surface area (Å²) in [4.78, 5) is 0.110. The minimum Gasteiger partial charge on any atom is -0.489 e. The lowest BCUT2D eigenvalue weighted by atomic mass is 10.2. The quantitative estimate of drug-likeness (QED) is 0.851. The van der Waals surface area contributed by atoms with Crippen molar-refractivity contribution in [3.05, 3.63) is 59.9 Å². The average Bonchev–Trinajstić information content (AvgIpc) is 2.49. The fraction of sp³-hybridized carbons (Fsp3) is 0.133. The van der Waals surface area contributed by atoms with Gasteiger partial charge in [0.25, 0.3) is 0 Å². The molecule has 2 aromatic carbocycles. The van der Waals surface area contributed by atoms with Crippen LogP contribution >= 0.6 is 0 Å². The Hall–Kier alpha value is -2.39. The van der Waals surface area contributed by atoms with Crippen molar-refractivity contribution >= 4 is 9.84 Å². The second-order valence-electron chi connectivity index (χ2n) is 4.23. The summed E-state index contributed by atoms with van der Waals surface area (Å²) >= 11 is 0. The van der Waals surface area contributed by atoms with E-state index < -0.39 is 15.7 Å². The first-order chi connectivity index (χ1) is 10.0. The number of hydrogen-bond acceptors (Lipinski definition) is 4. The Morgan fingerprint density at radius 1 is 1.10 bits per heavy atom. The zero-order valence-corrected chi connectivity index (χ0v) is 11.8. The van der Waals surface area contributed by atoms with E-state index in [1.807, 2.05) is 6.07 Å². The third-order valence-corrected chi connectivity index (χ3v) is 4.48. The highest BCUT2D eigenvalue weighted by molar-refractivity contribution is 7.91. The molecule has 2 aromatic rings. The maximum absolute atomic E-state index is 13.3. The molecule has 0 heterocycles. The Labute approximate surface area is 122 Å². The van der Waals surface area contributed by atoms with E-state index in [0.29, 0.717) is 5.56 Å². The molecule has 0 unspecified atom stereocenters. The highest BCUT2D eigenvalue weighted by Crippen LogP contribution is 2.16. The molecule has 0 saturated heterocycles. The van der Waals surface area contributed by atoms with Crippen LogP contribution in [0.4, 0.5) is 4.39 Å². The SMILES string of the molecule is N#Cc1ccc(S(=O)(=O)CCOc2ccccc2F)cc1. The lowest BCUT2D eigenvalue weighted by Crippen LogP contribution is -2.14. The van der Waals surface area contributed by atoms with Crippen LogP contribution in [-0.4, -0.2) is 20.8 Å². The topological polar surface area (TPSA) is 67.2 Å². The van der Waals surface area contributed by atoms with E-state index >= 15 is 0 Å². The second kappa shape index (κ2) is 6.37. The predicted octanol–water partition coefficient (Wildman–Crippen LogP) is 2.55. The van der Waals surface area contributed by atoms with Crippen molar-refractivity contribution in [2.24, 2.45) is 0 Å². The van der Waals surface area contributed by atoms with Gasteiger partial charge in [0.05, 0.1) is 22.3 Å². The molecule has 2 rings (SSSR count). The summed E-state index contributed by atoms with van der Waals surface area (Å²) < 4.78 is 42.5. The van der Waals surface area contributed by atoms with Gasteiger partial charge in [0.15, 0.2) is 21.4 Å². The predicted molar refractivity (Wildman–Crippen MR) is 75.1 cm³/mol. The summed E-state index contributed by atoms with van der Waals surface area (Å²) in [6, 6.07) is 13.3. The normalized spacial score (nSPS) is 10.9. The van der Waals surface area contributed by atoms with Crippen LogP contribution in [0.2, 0.25) is 0 Å². The highest BCUT2D eigenvalue weighted by atomic mass is 32.2. The van der Waals surface area contributed by atoms with Crippen molar-refractivity contribution in [3.8, 4) is 11.8 Å². The Kier molecular flexibility index (Phi) is 4.55. The molecule has 0 N–H and O–H groups in total. The summed E-state index contributed by atoms with van der Waals surface area (Å²) in [5, 5.41) is 8.67. The first-order valence-electron chi connectivity index (χ1n) is 6.13. The zero-order valence-electron chi connectivity index (χ0n) is 11.0. The van der Waals surface area contributed by atoms with Gasteiger partial charge in [-0.3, -0.25) is 0 Å². The molecule has 0 spiro atoms. The standard InChI is InChI=1S/C15H12FNO3S/c16-14-3-1-2-4-15(14)20-9-10-21(18,19)13-7-5-12(11-17)6-8-13/h1-8H,9-10H2. The van der Waals surface area contributed by atoms with E-state index in [4.69, 9.17) is 10.00 Å². The molecule has 0 aliphatic heterocycles. The monoisotopic (exact) mass is 305 g/mol. The van der Waals surface area contributed by atoms with Gasteiger partial charge in [-0.1, -0.05) is 12.1 Å². The molecule has 6 heteroatoms. The molecule has 0 radical (unpaired) electrons. The second-order valence-corrected chi connectivity index (χ2v) is 6.34. The molecule has 108 valence electrons. The molecule has 0 aliphatic rings. The average molecular weight is 305 g/mol. The van der Waals surface area contributed by atoms with Gasteiger partial charge < -0.3 is 4.74 Å². The first-order valence-corrected chi connectivity index (χ1v) is 7.78. The molecule has 0 aliphatic carbocycles. The van der Waals surface area contributed by atoms with Crippen molar-refractivity contribution in [1.29, 1.82) is 5.26 Å². The summed E-state index contributed by atoms with van der Waals surface area (Å²) in [7, 11) is -3.53. The number of sulfone groups is 1. The smallest absolute Gasteiger partial charge is 0.181 e. The lowest BCUT2D eigenvalue weighted by Gasteiger charge is -2.08. The molecule has 21 heavy (non-hydrogen) atoms. The third-order valence-electron chi connectivity index (χ3n) is 2.79. The Morgan fingerprint density at radius 2 is 1.76 bits per heavy atom. The van der Waals surface area contributed by atoms with Crippen molar-refractivity contribution in [1.82, 2.24) is 0 Å². The number of para-hydroxylation sites is 1. The van der Waals surface area contributed by atoms with Crippen LogP contribution in [0, 0.1) is 17.1 Å². The minimum atomic E-state index is -3.53. The third kappa shape index (κ3) is 3.80. The van der Waals surface area contributed by atoms with Crippen LogP contribution in [0.5, 0.6) is 5.75 Å². The number of hydrogen-bond donors (Lipinski definition) is 0. The zero-order chi connectivity index (χ0) is 15.3. The maximum Gasteiger partial charge on any atom is 0.181 e. The van der Waals surface area contributed by atoms with E-state index in [2.05, 4.69) is 0 Å². The molecular formula is C15H12FNO3S. The molecule has 0 amide bonds. The van der Waals surface area contributed by atoms with Gasteiger partial charge in [-0.25, -0.2) is 12.8 Å². The summed E-state index contributed by atoms with van der Waals surface area (Å²) in [5.74, 6) is -0.784. The van der Waals surface area contributed by atoms with Crippen LogP contribution in [0.25, 0.3) is 0 Å².